The molecule has 0 aliphatic heterocycles. The zero-order chi connectivity index (χ0) is 33.0. The van der Waals surface area contributed by atoms with Crippen LogP contribution in [0.2, 0.25) is 0 Å². The van der Waals surface area contributed by atoms with Crippen LogP contribution in [0.25, 0.3) is 94.7 Å². The SMILES string of the molecule is c1ccc(-c2nc(-c3ccccc3)nc(-c3ccc(-n4c5ccccc5c5ccc(-c6cccc7oc8ccccc8c67)cc54)cc3)n2)cc1. The number of aromatic nitrogens is 4. The first-order valence-corrected chi connectivity index (χ1v) is 16.7. The summed E-state index contributed by atoms with van der Waals surface area (Å²) in [4.78, 5) is 14.7. The smallest absolute Gasteiger partial charge is 0.164 e. The number of hydrogen-bond donors (Lipinski definition) is 0. The van der Waals surface area contributed by atoms with E-state index in [0.29, 0.717) is 17.5 Å². The second-order valence-electron chi connectivity index (χ2n) is 12.4. The van der Waals surface area contributed by atoms with E-state index in [1.807, 2.05) is 78.9 Å². The fraction of sp³-hybridized carbons (Fsp3) is 0. The van der Waals surface area contributed by atoms with Gasteiger partial charge in [-0.15, -0.1) is 0 Å². The normalized spacial score (nSPS) is 11.6. The lowest BCUT2D eigenvalue weighted by Crippen LogP contribution is -2.00. The third-order valence-electron chi connectivity index (χ3n) is 9.47. The molecule has 5 nitrogen and oxygen atoms in total. The van der Waals surface area contributed by atoms with E-state index >= 15 is 0 Å². The lowest BCUT2D eigenvalue weighted by molar-refractivity contribution is 0.669. The summed E-state index contributed by atoms with van der Waals surface area (Å²) in [5.41, 5.74) is 10.3. The predicted molar refractivity (Wildman–Crippen MR) is 203 cm³/mol. The van der Waals surface area contributed by atoms with E-state index in [2.05, 4.69) is 95.6 Å². The number of para-hydroxylation sites is 2. The van der Waals surface area contributed by atoms with Crippen molar-refractivity contribution in [3.8, 4) is 51.0 Å². The van der Waals surface area contributed by atoms with E-state index in [1.54, 1.807) is 0 Å². The van der Waals surface area contributed by atoms with Gasteiger partial charge in [-0.05, 0) is 59.7 Å². The van der Waals surface area contributed by atoms with Crippen LogP contribution in [0.1, 0.15) is 0 Å². The minimum absolute atomic E-state index is 0.634. The second kappa shape index (κ2) is 11.4. The van der Waals surface area contributed by atoms with Crippen LogP contribution in [0.3, 0.4) is 0 Å². The highest BCUT2D eigenvalue weighted by atomic mass is 16.3. The van der Waals surface area contributed by atoms with Crippen LogP contribution in [-0.4, -0.2) is 19.5 Å². The Morgan fingerprint density at radius 2 is 0.920 bits per heavy atom. The van der Waals surface area contributed by atoms with Gasteiger partial charge in [0.2, 0.25) is 0 Å². The molecule has 10 aromatic rings. The molecule has 234 valence electrons. The fourth-order valence-corrected chi connectivity index (χ4v) is 7.13. The third kappa shape index (κ3) is 4.60. The Morgan fingerprint density at radius 1 is 0.380 bits per heavy atom. The first-order chi connectivity index (χ1) is 24.8. The van der Waals surface area contributed by atoms with Gasteiger partial charge in [-0.3, -0.25) is 0 Å². The molecule has 7 aromatic carbocycles. The topological polar surface area (TPSA) is 56.7 Å². The Balaban J connectivity index is 1.12. The molecule has 10 rings (SSSR count). The van der Waals surface area contributed by atoms with Gasteiger partial charge in [0, 0.05) is 43.9 Å². The summed E-state index contributed by atoms with van der Waals surface area (Å²) >= 11 is 0. The number of nitrogens with zero attached hydrogens (tertiary/aromatic N) is 4. The van der Waals surface area contributed by atoms with Crippen LogP contribution >= 0.6 is 0 Å². The Hall–Kier alpha value is -6.85. The second-order valence-corrected chi connectivity index (χ2v) is 12.4. The molecule has 0 amide bonds. The molecule has 0 fully saturated rings. The molecule has 0 saturated heterocycles. The molecule has 0 N–H and O–H groups in total. The van der Waals surface area contributed by atoms with Crippen molar-refractivity contribution in [2.24, 2.45) is 0 Å². The van der Waals surface area contributed by atoms with Gasteiger partial charge in [0.15, 0.2) is 17.5 Å². The Morgan fingerprint density at radius 3 is 1.62 bits per heavy atom. The average Bonchev–Trinajstić information content (AvgIpc) is 3.74. The molecule has 0 aliphatic carbocycles. The van der Waals surface area contributed by atoms with Gasteiger partial charge in [0.1, 0.15) is 11.2 Å². The largest absolute Gasteiger partial charge is 0.456 e. The van der Waals surface area contributed by atoms with E-state index in [9.17, 15) is 0 Å². The number of benzene rings is 7. The van der Waals surface area contributed by atoms with Gasteiger partial charge in [-0.2, -0.15) is 0 Å². The van der Waals surface area contributed by atoms with E-state index in [4.69, 9.17) is 19.4 Å². The molecule has 3 aromatic heterocycles. The quantitative estimate of drug-likeness (QED) is 0.188. The zero-order valence-electron chi connectivity index (χ0n) is 26.9. The molecule has 0 unspecified atom stereocenters. The summed E-state index contributed by atoms with van der Waals surface area (Å²) < 4.78 is 8.59. The van der Waals surface area contributed by atoms with Crippen molar-refractivity contribution in [2.45, 2.75) is 0 Å². The van der Waals surface area contributed by atoms with Crippen molar-refractivity contribution in [3.05, 3.63) is 170 Å². The summed E-state index contributed by atoms with van der Waals surface area (Å²) in [6, 6.07) is 58.6. The van der Waals surface area contributed by atoms with E-state index in [0.717, 1.165) is 66.5 Å². The third-order valence-corrected chi connectivity index (χ3v) is 9.47. The molecule has 5 heteroatoms. The predicted octanol–water partition coefficient (Wildman–Crippen LogP) is 11.5. The van der Waals surface area contributed by atoms with Crippen molar-refractivity contribution in [3.63, 3.8) is 0 Å². The highest BCUT2D eigenvalue weighted by molar-refractivity contribution is 6.14. The van der Waals surface area contributed by atoms with Crippen molar-refractivity contribution in [2.75, 3.05) is 0 Å². The summed E-state index contributed by atoms with van der Waals surface area (Å²) in [6.45, 7) is 0. The maximum atomic E-state index is 6.24. The monoisotopic (exact) mass is 640 g/mol. The number of furan rings is 1. The van der Waals surface area contributed by atoms with Crippen LogP contribution < -0.4 is 0 Å². The molecular formula is C45H28N4O. The fourth-order valence-electron chi connectivity index (χ4n) is 7.13. The van der Waals surface area contributed by atoms with E-state index in [-0.39, 0.29) is 0 Å². The first kappa shape index (κ1) is 28.2. The molecule has 0 bridgehead atoms. The first-order valence-electron chi connectivity index (χ1n) is 16.7. The summed E-state index contributed by atoms with van der Waals surface area (Å²) in [5.74, 6) is 1.93. The summed E-state index contributed by atoms with van der Waals surface area (Å²) in [5, 5.41) is 4.67. The van der Waals surface area contributed by atoms with Crippen LogP contribution in [0.5, 0.6) is 0 Å². The maximum Gasteiger partial charge on any atom is 0.164 e. The molecule has 3 heterocycles. The van der Waals surface area contributed by atoms with E-state index in [1.165, 1.54) is 10.8 Å². The van der Waals surface area contributed by atoms with Gasteiger partial charge in [0.05, 0.1) is 11.0 Å². The van der Waals surface area contributed by atoms with Gasteiger partial charge < -0.3 is 8.98 Å². The van der Waals surface area contributed by atoms with Gasteiger partial charge in [-0.1, -0.05) is 121 Å². The van der Waals surface area contributed by atoms with Crippen LogP contribution in [0.4, 0.5) is 0 Å². The maximum absolute atomic E-state index is 6.24. The van der Waals surface area contributed by atoms with E-state index < -0.39 is 0 Å². The molecule has 0 radical (unpaired) electrons. The number of rotatable bonds is 5. The van der Waals surface area contributed by atoms with Crippen LogP contribution in [0.15, 0.2) is 174 Å². The minimum Gasteiger partial charge on any atom is -0.456 e. The molecule has 0 atom stereocenters. The highest BCUT2D eigenvalue weighted by Gasteiger charge is 2.17. The molecule has 0 spiro atoms. The zero-order valence-corrected chi connectivity index (χ0v) is 26.9. The van der Waals surface area contributed by atoms with Gasteiger partial charge >= 0.3 is 0 Å². The van der Waals surface area contributed by atoms with Crippen LogP contribution in [0, 0.1) is 0 Å². The molecule has 50 heavy (non-hydrogen) atoms. The van der Waals surface area contributed by atoms with Gasteiger partial charge in [-0.25, -0.2) is 15.0 Å². The Bertz CT molecular complexity index is 2800. The lowest BCUT2D eigenvalue weighted by atomic mass is 9.98. The Kier molecular flexibility index (Phi) is 6.42. The lowest BCUT2D eigenvalue weighted by Gasteiger charge is -2.11. The molecule has 0 aliphatic rings. The van der Waals surface area contributed by atoms with Crippen molar-refractivity contribution in [1.82, 2.24) is 19.5 Å². The molecular weight excluding hydrogens is 613 g/mol. The standard InChI is InChI=1S/C45H28N4O/c1-3-12-29(13-4-1)43-46-44(30-14-5-2-6-15-30)48-45(47-43)31-22-25-33(26-23-31)49-38-19-9-7-16-35(38)36-27-24-32(28-39(36)49)34-18-11-21-41-42(34)37-17-8-10-20-40(37)50-41/h1-28H. The minimum atomic E-state index is 0.634. The highest BCUT2D eigenvalue weighted by Crippen LogP contribution is 2.40. The van der Waals surface area contributed by atoms with Crippen molar-refractivity contribution in [1.29, 1.82) is 0 Å². The average molecular weight is 641 g/mol. The van der Waals surface area contributed by atoms with Crippen molar-refractivity contribution >= 4 is 43.7 Å². The summed E-state index contributed by atoms with van der Waals surface area (Å²) in [7, 11) is 0. The Labute approximate surface area is 287 Å². The van der Waals surface area contributed by atoms with Gasteiger partial charge in [0.25, 0.3) is 0 Å². The summed E-state index contributed by atoms with van der Waals surface area (Å²) in [6.07, 6.45) is 0. The van der Waals surface area contributed by atoms with Crippen molar-refractivity contribution < 1.29 is 4.42 Å². The number of hydrogen-bond acceptors (Lipinski definition) is 4. The van der Waals surface area contributed by atoms with Crippen LogP contribution in [-0.2, 0) is 0 Å². The number of fused-ring (bicyclic) bond motifs is 6. The molecule has 0 saturated carbocycles.